The Bertz CT molecular complexity index is 498. The third kappa shape index (κ3) is 4.09. The van der Waals surface area contributed by atoms with E-state index in [4.69, 9.17) is 0 Å². The van der Waals surface area contributed by atoms with Gasteiger partial charge in [-0.2, -0.15) is 5.26 Å². The average Bonchev–Trinajstić information content (AvgIpc) is 2.45. The van der Waals surface area contributed by atoms with Gasteiger partial charge in [-0.15, -0.1) is 0 Å². The van der Waals surface area contributed by atoms with Gasteiger partial charge in [-0.25, -0.2) is 0 Å². The van der Waals surface area contributed by atoms with Gasteiger partial charge in [0.25, 0.3) is 0 Å². The van der Waals surface area contributed by atoms with Crippen molar-refractivity contribution >= 4 is 5.91 Å². The number of benzene rings is 1. The maximum Gasteiger partial charge on any atom is 0.225 e. The van der Waals surface area contributed by atoms with E-state index < -0.39 is 0 Å². The Morgan fingerprint density at radius 1 is 1.40 bits per heavy atom. The van der Waals surface area contributed by atoms with Crippen molar-refractivity contribution < 1.29 is 4.79 Å². The molecule has 1 N–H and O–H groups in total. The zero-order valence-corrected chi connectivity index (χ0v) is 12.1. The Morgan fingerprint density at radius 2 is 2.15 bits per heavy atom. The van der Waals surface area contributed by atoms with Gasteiger partial charge in [-0.3, -0.25) is 4.79 Å². The summed E-state index contributed by atoms with van der Waals surface area (Å²) >= 11 is 0. The van der Waals surface area contributed by atoms with Crippen LogP contribution in [0.1, 0.15) is 43.2 Å². The molecule has 2 rings (SSSR count). The molecule has 3 heteroatoms. The highest BCUT2D eigenvalue weighted by Crippen LogP contribution is 2.26. The smallest absolute Gasteiger partial charge is 0.225 e. The van der Waals surface area contributed by atoms with E-state index in [0.717, 1.165) is 24.0 Å². The van der Waals surface area contributed by atoms with E-state index in [9.17, 15) is 10.1 Å². The lowest BCUT2D eigenvalue weighted by molar-refractivity contribution is -0.121. The Labute approximate surface area is 121 Å². The van der Waals surface area contributed by atoms with Gasteiger partial charge in [0.15, 0.2) is 0 Å². The Kier molecular flexibility index (Phi) is 5.17. The van der Waals surface area contributed by atoms with E-state index in [-0.39, 0.29) is 11.9 Å². The Hall–Kier alpha value is -1.82. The number of nitriles is 1. The third-order valence-electron chi connectivity index (χ3n) is 4.02. The summed E-state index contributed by atoms with van der Waals surface area (Å²) in [6.45, 7) is 2.02. The lowest BCUT2D eigenvalue weighted by Crippen LogP contribution is -2.40. The van der Waals surface area contributed by atoms with E-state index in [0.29, 0.717) is 12.3 Å². The maximum atomic E-state index is 12.1. The molecule has 1 fully saturated rings. The molecule has 106 valence electrons. The van der Waals surface area contributed by atoms with Crippen LogP contribution in [0, 0.1) is 24.2 Å². The molecule has 0 spiro atoms. The largest absolute Gasteiger partial charge is 0.340 e. The molecule has 20 heavy (non-hydrogen) atoms. The molecular formula is C17H22N2O. The molecule has 0 heterocycles. The van der Waals surface area contributed by atoms with Gasteiger partial charge in [0.2, 0.25) is 5.91 Å². The average molecular weight is 270 g/mol. The summed E-state index contributed by atoms with van der Waals surface area (Å²) < 4.78 is 0. The quantitative estimate of drug-likeness (QED) is 0.914. The van der Waals surface area contributed by atoms with Crippen molar-refractivity contribution in [3.05, 3.63) is 35.4 Å². The third-order valence-corrected chi connectivity index (χ3v) is 4.02. The molecule has 1 saturated carbocycles. The minimum absolute atomic E-state index is 0.0484. The second-order valence-corrected chi connectivity index (χ2v) is 5.74. The summed E-state index contributed by atoms with van der Waals surface area (Å²) in [6.07, 6.45) is 6.08. The number of nitrogens with zero attached hydrogens (tertiary/aromatic N) is 1. The van der Waals surface area contributed by atoms with Crippen LogP contribution in [-0.2, 0) is 11.2 Å². The monoisotopic (exact) mass is 270 g/mol. The van der Waals surface area contributed by atoms with Crippen molar-refractivity contribution in [3.63, 3.8) is 0 Å². The lowest BCUT2D eigenvalue weighted by atomic mass is 9.84. The highest BCUT2D eigenvalue weighted by atomic mass is 16.1. The van der Waals surface area contributed by atoms with Gasteiger partial charge in [-0.05, 0) is 31.2 Å². The van der Waals surface area contributed by atoms with Gasteiger partial charge in [0.1, 0.15) is 6.04 Å². The topological polar surface area (TPSA) is 52.9 Å². The van der Waals surface area contributed by atoms with Crippen molar-refractivity contribution in [3.8, 4) is 6.07 Å². The zero-order valence-electron chi connectivity index (χ0n) is 12.1. The van der Waals surface area contributed by atoms with Crippen LogP contribution in [0.5, 0.6) is 0 Å². The van der Waals surface area contributed by atoms with Crippen molar-refractivity contribution in [2.45, 2.75) is 51.5 Å². The summed E-state index contributed by atoms with van der Waals surface area (Å²) in [4.78, 5) is 12.1. The summed E-state index contributed by atoms with van der Waals surface area (Å²) in [7, 11) is 0. The molecule has 1 unspecified atom stereocenters. The molecule has 1 amide bonds. The number of amides is 1. The molecule has 0 radical (unpaired) electrons. The molecule has 0 aliphatic heterocycles. The first-order valence-corrected chi connectivity index (χ1v) is 7.43. The van der Waals surface area contributed by atoms with E-state index in [1.165, 1.54) is 19.3 Å². The fourth-order valence-electron chi connectivity index (χ4n) is 2.96. The van der Waals surface area contributed by atoms with Crippen molar-refractivity contribution in [1.82, 2.24) is 5.32 Å². The van der Waals surface area contributed by atoms with Gasteiger partial charge < -0.3 is 5.32 Å². The van der Waals surface area contributed by atoms with E-state index in [1.54, 1.807) is 0 Å². The van der Waals surface area contributed by atoms with Crippen LogP contribution in [0.2, 0.25) is 0 Å². The zero-order chi connectivity index (χ0) is 14.4. The molecule has 1 atom stereocenters. The minimum atomic E-state index is -0.326. The van der Waals surface area contributed by atoms with Crippen LogP contribution in [0.15, 0.2) is 24.3 Å². The predicted octanol–water partition coefficient (Wildman–Crippen LogP) is 3.13. The van der Waals surface area contributed by atoms with Crippen LogP contribution in [0.3, 0.4) is 0 Å². The summed E-state index contributed by atoms with van der Waals surface area (Å²) in [5.41, 5.74) is 2.15. The van der Waals surface area contributed by atoms with Crippen molar-refractivity contribution in [2.24, 2.45) is 5.92 Å². The summed E-state index contributed by atoms with van der Waals surface area (Å²) in [6, 6.07) is 9.88. The molecule has 1 aliphatic rings. The Morgan fingerprint density at radius 3 is 2.80 bits per heavy atom. The van der Waals surface area contributed by atoms with Gasteiger partial charge in [0, 0.05) is 0 Å². The molecule has 0 bridgehead atoms. The van der Waals surface area contributed by atoms with Crippen LogP contribution in [0.4, 0.5) is 0 Å². The molecule has 1 aliphatic carbocycles. The molecule has 1 aromatic rings. The van der Waals surface area contributed by atoms with Crippen LogP contribution in [0.25, 0.3) is 0 Å². The maximum absolute atomic E-state index is 12.1. The number of carbonyl (C=O) groups is 1. The first-order chi connectivity index (χ1) is 9.69. The Balaban J connectivity index is 1.90. The van der Waals surface area contributed by atoms with Crippen molar-refractivity contribution in [2.75, 3.05) is 0 Å². The van der Waals surface area contributed by atoms with Crippen LogP contribution < -0.4 is 5.32 Å². The van der Waals surface area contributed by atoms with E-state index in [2.05, 4.69) is 11.4 Å². The highest BCUT2D eigenvalue weighted by molar-refractivity contribution is 5.79. The predicted molar refractivity (Wildman–Crippen MR) is 79.0 cm³/mol. The number of hydrogen-bond acceptors (Lipinski definition) is 2. The van der Waals surface area contributed by atoms with Crippen LogP contribution in [-0.4, -0.2) is 11.9 Å². The normalized spacial score (nSPS) is 17.2. The fraction of sp³-hybridized carbons (Fsp3) is 0.529. The molecule has 3 nitrogen and oxygen atoms in total. The number of nitrogens with one attached hydrogen (secondary N) is 1. The highest BCUT2D eigenvalue weighted by Gasteiger charge is 2.24. The lowest BCUT2D eigenvalue weighted by Gasteiger charge is -2.26. The second kappa shape index (κ2) is 7.09. The number of carbonyl (C=O) groups excluding carboxylic acids is 1. The van der Waals surface area contributed by atoms with Gasteiger partial charge in [-0.1, -0.05) is 49.1 Å². The molecule has 0 saturated heterocycles. The second-order valence-electron chi connectivity index (χ2n) is 5.74. The molecule has 1 aromatic carbocycles. The SMILES string of the molecule is Cc1cccc(CC(=O)NC(C#N)C2CCCCC2)c1. The summed E-state index contributed by atoms with van der Waals surface area (Å²) in [5, 5.41) is 12.2. The number of hydrogen-bond donors (Lipinski definition) is 1. The van der Waals surface area contributed by atoms with Gasteiger partial charge in [0.05, 0.1) is 12.5 Å². The first-order valence-electron chi connectivity index (χ1n) is 7.43. The fourth-order valence-corrected chi connectivity index (χ4v) is 2.96. The summed E-state index contributed by atoms with van der Waals surface area (Å²) in [5.74, 6) is 0.280. The standard InChI is InChI=1S/C17H22N2O/c1-13-6-5-7-14(10-13)11-17(20)19-16(12-18)15-8-3-2-4-9-15/h5-7,10,15-16H,2-4,8-9,11H2,1H3,(H,19,20). The minimum Gasteiger partial charge on any atom is -0.340 e. The number of rotatable bonds is 4. The van der Waals surface area contributed by atoms with Crippen molar-refractivity contribution in [1.29, 1.82) is 5.26 Å². The molecule has 0 aromatic heterocycles. The van der Waals surface area contributed by atoms with Crippen LogP contribution >= 0.6 is 0 Å². The van der Waals surface area contributed by atoms with Gasteiger partial charge >= 0.3 is 0 Å². The van der Waals surface area contributed by atoms with E-state index in [1.807, 2.05) is 31.2 Å². The first kappa shape index (κ1) is 14.6. The number of aryl methyl sites for hydroxylation is 1. The molecular weight excluding hydrogens is 248 g/mol. The van der Waals surface area contributed by atoms with E-state index >= 15 is 0 Å².